The van der Waals surface area contributed by atoms with Crippen molar-refractivity contribution in [1.82, 2.24) is 35.1 Å². The Labute approximate surface area is 562 Å². The number of ketones is 2. The highest BCUT2D eigenvalue weighted by Gasteiger charge is 2.53. The van der Waals surface area contributed by atoms with Gasteiger partial charge in [0, 0.05) is 122 Å². The number of nitrogens with two attached hydrogens (primary N) is 1. The lowest BCUT2D eigenvalue weighted by Gasteiger charge is -2.43. The lowest BCUT2D eigenvalue weighted by atomic mass is 9.80. The predicted molar refractivity (Wildman–Crippen MR) is 352 cm³/mol. The molecule has 0 radical (unpaired) electrons. The van der Waals surface area contributed by atoms with Crippen molar-refractivity contribution in [2.24, 2.45) is 35.3 Å². The number of piperazine rings is 1. The fraction of sp³-hybridized carbons (Fsp3) is 0.667. The number of cyclic esters (lactones) is 1. The number of aliphatic hydroxyl groups excluding tert-OH is 2. The van der Waals surface area contributed by atoms with Crippen molar-refractivity contribution in [3.05, 3.63) is 83.0 Å². The molecule has 7 N–H and O–H groups in total. The maximum atomic E-state index is 14.9. The van der Waals surface area contributed by atoms with Gasteiger partial charge in [-0.2, -0.15) is 0 Å². The van der Waals surface area contributed by atoms with Crippen molar-refractivity contribution in [2.45, 2.75) is 204 Å². The van der Waals surface area contributed by atoms with E-state index in [9.17, 15) is 54.0 Å². The Morgan fingerprint density at radius 2 is 1.52 bits per heavy atom. The van der Waals surface area contributed by atoms with E-state index in [1.54, 1.807) is 62.0 Å². The summed E-state index contributed by atoms with van der Waals surface area (Å²) in [7, 11) is 6.08. The molecule has 1 saturated carbocycles. The third-order valence-electron chi connectivity index (χ3n) is 20.2. The molecule has 7 heterocycles. The van der Waals surface area contributed by atoms with Crippen molar-refractivity contribution in [2.75, 3.05) is 70.9 Å². The molecule has 17 atom stereocenters. The number of carboxylic acid groups (broad SMARTS) is 1. The SMILES string of the molecule is CNC(=O)c1cnc(N2CCN(c3ncc4c(n3)CCN(C(=O)O[C@@H]3CC[C@@H](C[C@@H](N)[C@@H]5C[C@@H](OC)[C@H](C)/C=C(\C)[C@@H](O)[C@@H](O)C(=O)[C@H](C)C[C@H](C)/C=C/C=C/C=C(\C)[C@@H](OC)C[C@@H]6CC[C@@H](C)[C@@](O)(O6)C(=O)C(=O)N6CCCC[C@H]6C(=O)O5)C[C@H]3OC)C4)C[C@@H]2C(=O)O)nc1. The summed E-state index contributed by atoms with van der Waals surface area (Å²) in [5.74, 6) is -9.01. The van der Waals surface area contributed by atoms with Gasteiger partial charge in [0.1, 0.15) is 36.5 Å². The number of aliphatic carboxylic acids is 1. The third-order valence-corrected chi connectivity index (χ3v) is 20.2. The van der Waals surface area contributed by atoms with Crippen molar-refractivity contribution in [3.8, 4) is 0 Å². The average molecular weight is 1340 g/mol. The fourth-order valence-corrected chi connectivity index (χ4v) is 14.2. The maximum absolute atomic E-state index is 14.9. The molecule has 8 rings (SSSR count). The number of nitrogens with one attached hydrogen (secondary N) is 1. The van der Waals surface area contributed by atoms with Crippen LogP contribution in [0.4, 0.5) is 16.7 Å². The summed E-state index contributed by atoms with van der Waals surface area (Å²) < 4.78 is 36.8. The topological polar surface area (TPSA) is 358 Å². The number of fused-ring (bicyclic) bond motifs is 4. The van der Waals surface area contributed by atoms with E-state index >= 15 is 0 Å². The van der Waals surface area contributed by atoms with Crippen LogP contribution in [0.25, 0.3) is 0 Å². The van der Waals surface area contributed by atoms with Gasteiger partial charge < -0.3 is 79.5 Å². The highest BCUT2D eigenvalue weighted by atomic mass is 16.6. The van der Waals surface area contributed by atoms with Crippen molar-refractivity contribution in [1.29, 1.82) is 0 Å². The number of aliphatic hydroxyl groups is 3. The standard InChI is InChI=1S/C69H100N10O17/c1-39-16-12-11-13-17-40(2)54(91-8)32-48-21-19-44(6)69(90,96-48)61(83)63(85)78-24-15-14-18-51(78)65(88)94-56(33-55(92-9)41(3)29-43(5)59(81)60(82)58(80)42(4)28-39)49(70)30-45-20-22-53(57(31-45)93-10)95-68(89)77-25-23-50-47(37-77)36-74-67(75-50)76-26-27-79(52(38-76)64(86)87)66-72-34-46(35-73-66)62(84)71-7/h11-13,16-17,29,34-36,39,41-42,44-45,48-49,51-57,59-60,81-82,90H,14-15,18-28,30-33,37-38,70H2,1-10H3,(H,71,84)(H,86,87)/b13-11+,16-12+,40-17+,43-29+/t39-,41-,42-,44-,45+,48+,49-,51+,52-,53-,54+,55-,56+,57-,59-,60+,69-/m1/s1. The summed E-state index contributed by atoms with van der Waals surface area (Å²) in [6.45, 7) is 11.8. The Bertz CT molecular complexity index is 3180. The fourth-order valence-electron chi connectivity index (χ4n) is 14.2. The van der Waals surface area contributed by atoms with Crippen LogP contribution in [-0.4, -0.2) is 225 Å². The van der Waals surface area contributed by atoms with Crippen LogP contribution < -0.4 is 20.9 Å². The molecular weight excluding hydrogens is 1240 g/mol. The molecule has 96 heavy (non-hydrogen) atoms. The van der Waals surface area contributed by atoms with Gasteiger partial charge in [-0.25, -0.2) is 34.3 Å². The van der Waals surface area contributed by atoms with Gasteiger partial charge in [-0.15, -0.1) is 0 Å². The van der Waals surface area contributed by atoms with Gasteiger partial charge in [0.2, 0.25) is 17.7 Å². The molecule has 27 heteroatoms. The molecule has 0 unspecified atom stereocenters. The number of aromatic nitrogens is 4. The molecule has 27 nitrogen and oxygen atoms in total. The Morgan fingerprint density at radius 1 is 0.792 bits per heavy atom. The van der Waals surface area contributed by atoms with E-state index in [0.717, 1.165) is 11.3 Å². The van der Waals surface area contributed by atoms with Crippen LogP contribution in [0.5, 0.6) is 0 Å². The largest absolute Gasteiger partial charge is 0.480 e. The number of ether oxygens (including phenoxy) is 6. The first-order valence-electron chi connectivity index (χ1n) is 33.8. The summed E-state index contributed by atoms with van der Waals surface area (Å²) in [6, 6.07) is -3.10. The number of hydrogen-bond acceptors (Lipinski definition) is 23. The van der Waals surface area contributed by atoms with E-state index in [1.807, 2.05) is 51.2 Å². The van der Waals surface area contributed by atoms with Gasteiger partial charge in [0.05, 0.1) is 48.8 Å². The van der Waals surface area contributed by atoms with Crippen LogP contribution in [-0.2, 0) is 65.4 Å². The third kappa shape index (κ3) is 18.2. The quantitative estimate of drug-likeness (QED) is 0.102. The van der Waals surface area contributed by atoms with Gasteiger partial charge in [-0.1, -0.05) is 64.2 Å². The minimum absolute atomic E-state index is 0.0233. The summed E-state index contributed by atoms with van der Waals surface area (Å²) in [5, 5.41) is 47.7. The first-order chi connectivity index (χ1) is 45.8. The first-order valence-corrected chi connectivity index (χ1v) is 33.8. The van der Waals surface area contributed by atoms with Gasteiger partial charge >= 0.3 is 18.0 Å². The van der Waals surface area contributed by atoms with Gasteiger partial charge in [0.15, 0.2) is 5.78 Å². The van der Waals surface area contributed by atoms with E-state index in [-0.39, 0.29) is 74.7 Å². The molecular formula is C69H100N10O17. The average Bonchev–Trinajstić information content (AvgIpc) is 0.786. The second kappa shape index (κ2) is 33.9. The van der Waals surface area contributed by atoms with Crippen LogP contribution in [0.2, 0.25) is 0 Å². The molecule has 3 saturated heterocycles. The molecule has 1 aliphatic carbocycles. The zero-order valence-corrected chi connectivity index (χ0v) is 57.1. The van der Waals surface area contributed by atoms with Crippen molar-refractivity contribution >= 4 is 53.3 Å². The molecule has 2 bridgehead atoms. The van der Waals surface area contributed by atoms with E-state index in [0.29, 0.717) is 94.4 Å². The lowest BCUT2D eigenvalue weighted by Crippen LogP contribution is -2.61. The minimum Gasteiger partial charge on any atom is -0.480 e. The Morgan fingerprint density at radius 3 is 2.22 bits per heavy atom. The Hall–Kier alpha value is -7.11. The maximum Gasteiger partial charge on any atom is 0.410 e. The zero-order valence-electron chi connectivity index (χ0n) is 57.1. The Kier molecular flexibility index (Phi) is 26.4. The van der Waals surface area contributed by atoms with Crippen LogP contribution in [0, 0.1) is 29.6 Å². The molecule has 6 aliphatic rings. The van der Waals surface area contributed by atoms with E-state index in [4.69, 9.17) is 39.1 Å². The highest BCUT2D eigenvalue weighted by molar-refractivity contribution is 6.39. The smallest absolute Gasteiger partial charge is 0.410 e. The molecule has 2 aromatic heterocycles. The predicted octanol–water partition coefficient (Wildman–Crippen LogP) is 4.59. The number of rotatable bonds is 11. The number of methoxy groups -OCH3 is 3. The van der Waals surface area contributed by atoms with Gasteiger partial charge in [0.25, 0.3) is 17.6 Å². The zero-order chi connectivity index (χ0) is 69.7. The molecule has 2 aromatic rings. The summed E-state index contributed by atoms with van der Waals surface area (Å²) in [5.41, 5.74) is 10.0. The van der Waals surface area contributed by atoms with Crippen LogP contribution >= 0.6 is 0 Å². The lowest BCUT2D eigenvalue weighted by molar-refractivity contribution is -0.265. The van der Waals surface area contributed by atoms with Gasteiger partial charge in [-0.05, 0) is 101 Å². The summed E-state index contributed by atoms with van der Waals surface area (Å²) in [6.07, 6.45) is 12.4. The number of allylic oxidation sites excluding steroid dienone is 5. The monoisotopic (exact) mass is 1340 g/mol. The molecule has 0 spiro atoms. The van der Waals surface area contributed by atoms with Gasteiger partial charge in [-0.3, -0.25) is 19.2 Å². The Balaban J connectivity index is 0.956. The molecule has 528 valence electrons. The normalized spacial score (nSPS) is 34.2. The molecule has 5 aliphatic heterocycles. The highest BCUT2D eigenvalue weighted by Crippen LogP contribution is 2.38. The first kappa shape index (κ1) is 74.7. The number of carbonyl (C=O) groups is 7. The number of esters is 1. The number of piperidine rings is 1. The second-order valence-electron chi connectivity index (χ2n) is 27.0. The summed E-state index contributed by atoms with van der Waals surface area (Å²) in [4.78, 5) is 120. The summed E-state index contributed by atoms with van der Waals surface area (Å²) >= 11 is 0. The van der Waals surface area contributed by atoms with E-state index in [1.165, 1.54) is 31.5 Å². The number of carbonyl (C=O) groups excluding carboxylic acids is 6. The van der Waals surface area contributed by atoms with Crippen molar-refractivity contribution in [3.63, 3.8) is 0 Å². The van der Waals surface area contributed by atoms with Crippen LogP contribution in [0.1, 0.15) is 140 Å². The van der Waals surface area contributed by atoms with Crippen molar-refractivity contribution < 1.29 is 82.4 Å². The second-order valence-corrected chi connectivity index (χ2v) is 27.0. The molecule has 0 aromatic carbocycles. The number of Topliss-reactive ketones (excluding diaryl/α,β-unsaturated/α-hetero) is 2. The molecule has 4 fully saturated rings. The van der Waals surface area contributed by atoms with Crippen LogP contribution in [0.3, 0.4) is 0 Å². The number of hydrogen-bond donors (Lipinski definition) is 6. The van der Waals surface area contributed by atoms with E-state index in [2.05, 4.69) is 20.3 Å². The minimum atomic E-state index is -2.49. The number of nitrogens with zero attached hydrogens (tertiary/aromatic N) is 8. The van der Waals surface area contributed by atoms with Crippen LogP contribution in [0.15, 0.2) is 66.2 Å². The molecule has 3 amide bonds. The van der Waals surface area contributed by atoms with E-state index < -0.39 is 126 Å². The number of amides is 3. The number of carboxylic acids is 1. The number of anilines is 2.